The highest BCUT2D eigenvalue weighted by molar-refractivity contribution is 7.90. The molecule has 0 bridgehead atoms. The van der Waals surface area contributed by atoms with Crippen molar-refractivity contribution in [3.63, 3.8) is 0 Å². The third-order valence-corrected chi connectivity index (χ3v) is 4.85. The van der Waals surface area contributed by atoms with Gasteiger partial charge >= 0.3 is 16.2 Å². The highest BCUT2D eigenvalue weighted by atomic mass is 32.2. The molecule has 0 saturated carbocycles. The van der Waals surface area contributed by atoms with Crippen molar-refractivity contribution in [2.45, 2.75) is 12.8 Å². The monoisotopic (exact) mass is 342 g/mol. The molecule has 0 amide bonds. The van der Waals surface area contributed by atoms with Crippen LogP contribution in [0.3, 0.4) is 0 Å². The minimum Gasteiger partial charge on any atom is -0.481 e. The second-order valence-corrected chi connectivity index (χ2v) is 6.69. The Morgan fingerprint density at radius 1 is 1.22 bits per heavy atom. The lowest BCUT2D eigenvalue weighted by molar-refractivity contribution is -0.136. The molecule has 23 heavy (non-hydrogen) atoms. The van der Waals surface area contributed by atoms with E-state index in [4.69, 9.17) is 9.84 Å². The van der Waals surface area contributed by atoms with Gasteiger partial charge in [0.15, 0.2) is 5.78 Å². The molecular formula is C14H18N2O6S. The van der Waals surface area contributed by atoms with Gasteiger partial charge in [0.05, 0.1) is 25.3 Å². The number of nitrogens with one attached hydrogen (secondary N) is 1. The molecule has 1 aromatic rings. The number of rotatable bonds is 7. The van der Waals surface area contributed by atoms with Crippen LogP contribution in [0.1, 0.15) is 23.2 Å². The van der Waals surface area contributed by atoms with Crippen molar-refractivity contribution in [1.29, 1.82) is 0 Å². The first-order chi connectivity index (χ1) is 10.9. The molecule has 1 aromatic carbocycles. The minimum absolute atomic E-state index is 0.130. The quantitative estimate of drug-likeness (QED) is 0.706. The topological polar surface area (TPSA) is 113 Å². The summed E-state index contributed by atoms with van der Waals surface area (Å²) in [4.78, 5) is 22.4. The van der Waals surface area contributed by atoms with Crippen LogP contribution in [0.5, 0.6) is 0 Å². The third kappa shape index (κ3) is 5.02. The predicted molar refractivity (Wildman–Crippen MR) is 82.6 cm³/mol. The van der Waals surface area contributed by atoms with Crippen molar-refractivity contribution in [1.82, 2.24) is 4.31 Å². The smallest absolute Gasteiger partial charge is 0.303 e. The van der Waals surface area contributed by atoms with Crippen LogP contribution in [0.4, 0.5) is 5.69 Å². The van der Waals surface area contributed by atoms with E-state index in [0.717, 1.165) is 0 Å². The van der Waals surface area contributed by atoms with E-state index in [0.29, 0.717) is 13.2 Å². The summed E-state index contributed by atoms with van der Waals surface area (Å²) in [7, 11) is -3.71. The molecular weight excluding hydrogens is 324 g/mol. The van der Waals surface area contributed by atoms with E-state index in [-0.39, 0.29) is 43.0 Å². The van der Waals surface area contributed by atoms with Gasteiger partial charge in [0.1, 0.15) is 0 Å². The molecule has 0 atom stereocenters. The summed E-state index contributed by atoms with van der Waals surface area (Å²) in [6, 6.07) is 6.01. The normalized spacial score (nSPS) is 16.0. The molecule has 0 radical (unpaired) electrons. The first kappa shape index (κ1) is 17.4. The Morgan fingerprint density at radius 3 is 2.57 bits per heavy atom. The first-order valence-electron chi connectivity index (χ1n) is 7.09. The Bertz CT molecular complexity index is 682. The zero-order valence-electron chi connectivity index (χ0n) is 12.4. The molecule has 1 saturated heterocycles. The van der Waals surface area contributed by atoms with Crippen LogP contribution in [0.2, 0.25) is 0 Å². The van der Waals surface area contributed by atoms with Gasteiger partial charge in [0.25, 0.3) is 0 Å². The maximum Gasteiger partial charge on any atom is 0.303 e. The molecule has 0 aliphatic carbocycles. The van der Waals surface area contributed by atoms with Crippen molar-refractivity contribution in [3.05, 3.63) is 29.8 Å². The summed E-state index contributed by atoms with van der Waals surface area (Å²) in [5.41, 5.74) is 0.533. The largest absolute Gasteiger partial charge is 0.481 e. The molecule has 1 aliphatic heterocycles. The van der Waals surface area contributed by atoms with Crippen molar-refractivity contribution in [2.24, 2.45) is 0 Å². The summed E-state index contributed by atoms with van der Waals surface area (Å²) < 4.78 is 33.3. The zero-order chi connectivity index (χ0) is 16.9. The van der Waals surface area contributed by atoms with Crippen LogP contribution in [0.25, 0.3) is 0 Å². The average Bonchev–Trinajstić information content (AvgIpc) is 2.53. The van der Waals surface area contributed by atoms with Gasteiger partial charge in [-0.25, -0.2) is 0 Å². The van der Waals surface area contributed by atoms with Crippen LogP contribution in [0, 0.1) is 0 Å². The van der Waals surface area contributed by atoms with E-state index >= 15 is 0 Å². The predicted octanol–water partition coefficient (Wildman–Crippen LogP) is 0.723. The summed E-state index contributed by atoms with van der Waals surface area (Å²) >= 11 is 0. The zero-order valence-corrected chi connectivity index (χ0v) is 13.2. The summed E-state index contributed by atoms with van der Waals surface area (Å²) in [5, 5.41) is 8.60. The SMILES string of the molecule is O=C(O)CCC(=O)c1cccc(NS(=O)(=O)N2CCOCC2)c1. The molecule has 2 rings (SSSR count). The lowest BCUT2D eigenvalue weighted by atomic mass is 10.1. The van der Waals surface area contributed by atoms with Gasteiger partial charge in [-0.3, -0.25) is 14.3 Å². The molecule has 126 valence electrons. The number of morpholine rings is 1. The van der Waals surface area contributed by atoms with Crippen molar-refractivity contribution >= 4 is 27.6 Å². The molecule has 2 N–H and O–H groups in total. The Kier molecular flexibility index (Phi) is 5.69. The fourth-order valence-corrected chi connectivity index (χ4v) is 3.31. The van der Waals surface area contributed by atoms with E-state index in [1.54, 1.807) is 6.07 Å². The third-order valence-electron chi connectivity index (χ3n) is 3.31. The van der Waals surface area contributed by atoms with Crippen LogP contribution in [-0.2, 0) is 19.7 Å². The standard InChI is InChI=1S/C14H18N2O6S/c17-13(4-5-14(18)19)11-2-1-3-12(10-11)15-23(20,21)16-6-8-22-9-7-16/h1-3,10,15H,4-9H2,(H,18,19). The first-order valence-corrected chi connectivity index (χ1v) is 8.53. The lowest BCUT2D eigenvalue weighted by Gasteiger charge is -2.26. The average molecular weight is 342 g/mol. The molecule has 0 aromatic heterocycles. The number of hydrogen-bond acceptors (Lipinski definition) is 5. The fourth-order valence-electron chi connectivity index (χ4n) is 2.12. The second kappa shape index (κ2) is 7.53. The fraction of sp³-hybridized carbons (Fsp3) is 0.429. The van der Waals surface area contributed by atoms with Gasteiger partial charge in [0, 0.05) is 25.1 Å². The molecule has 0 unspecified atom stereocenters. The number of carboxylic acids is 1. The van der Waals surface area contributed by atoms with E-state index in [2.05, 4.69) is 4.72 Å². The summed E-state index contributed by atoms with van der Waals surface area (Å²) in [5.74, 6) is -1.40. The summed E-state index contributed by atoms with van der Waals surface area (Å²) in [6.45, 7) is 1.22. The van der Waals surface area contributed by atoms with Crippen LogP contribution >= 0.6 is 0 Å². The number of ether oxygens (including phenoxy) is 1. The van der Waals surface area contributed by atoms with Crippen molar-refractivity contribution in [2.75, 3.05) is 31.0 Å². The van der Waals surface area contributed by atoms with Crippen LogP contribution in [-0.4, -0.2) is 55.9 Å². The molecule has 1 aliphatic rings. The second-order valence-electron chi connectivity index (χ2n) is 5.02. The van der Waals surface area contributed by atoms with Gasteiger partial charge in [-0.2, -0.15) is 12.7 Å². The van der Waals surface area contributed by atoms with Gasteiger partial charge < -0.3 is 9.84 Å². The number of ketones is 1. The Hall–Kier alpha value is -1.97. The number of carboxylic acid groups (broad SMARTS) is 1. The van der Waals surface area contributed by atoms with E-state index in [9.17, 15) is 18.0 Å². The molecule has 1 heterocycles. The highest BCUT2D eigenvalue weighted by Gasteiger charge is 2.24. The number of hydrogen-bond donors (Lipinski definition) is 2. The number of carbonyl (C=O) groups excluding carboxylic acids is 1. The molecule has 8 nitrogen and oxygen atoms in total. The van der Waals surface area contributed by atoms with Crippen molar-refractivity contribution in [3.8, 4) is 0 Å². The molecule has 0 spiro atoms. The Morgan fingerprint density at radius 2 is 1.91 bits per heavy atom. The number of nitrogens with zero attached hydrogens (tertiary/aromatic N) is 1. The Balaban J connectivity index is 2.07. The molecule has 1 fully saturated rings. The summed E-state index contributed by atoms with van der Waals surface area (Å²) in [6.07, 6.45) is -0.391. The number of anilines is 1. The number of benzene rings is 1. The Labute approximate surface area is 134 Å². The van der Waals surface area contributed by atoms with Gasteiger partial charge in [0.2, 0.25) is 0 Å². The van der Waals surface area contributed by atoms with Crippen molar-refractivity contribution < 1.29 is 27.9 Å². The molecule has 9 heteroatoms. The highest BCUT2D eigenvalue weighted by Crippen LogP contribution is 2.16. The number of Topliss-reactive ketones (excluding diaryl/α,β-unsaturated/α-hetero) is 1. The number of carbonyl (C=O) groups is 2. The van der Waals surface area contributed by atoms with E-state index < -0.39 is 16.2 Å². The van der Waals surface area contributed by atoms with Gasteiger partial charge in [-0.1, -0.05) is 12.1 Å². The van der Waals surface area contributed by atoms with Crippen LogP contribution in [0.15, 0.2) is 24.3 Å². The lowest BCUT2D eigenvalue weighted by Crippen LogP contribution is -2.43. The maximum absolute atomic E-state index is 12.2. The van der Waals surface area contributed by atoms with Gasteiger partial charge in [-0.05, 0) is 12.1 Å². The van der Waals surface area contributed by atoms with E-state index in [1.807, 2.05) is 0 Å². The maximum atomic E-state index is 12.2. The minimum atomic E-state index is -3.71. The number of aliphatic carboxylic acids is 1. The van der Waals surface area contributed by atoms with Crippen LogP contribution < -0.4 is 4.72 Å². The van der Waals surface area contributed by atoms with E-state index in [1.165, 1.54) is 22.5 Å². The van der Waals surface area contributed by atoms with Gasteiger partial charge in [-0.15, -0.1) is 0 Å².